The van der Waals surface area contributed by atoms with Crippen LogP contribution < -0.4 is 5.32 Å². The number of benzene rings is 1. The van der Waals surface area contributed by atoms with E-state index in [2.05, 4.69) is 10.4 Å². The second kappa shape index (κ2) is 7.22. The van der Waals surface area contributed by atoms with E-state index in [1.807, 2.05) is 0 Å². The van der Waals surface area contributed by atoms with Crippen LogP contribution in [-0.4, -0.2) is 20.6 Å². The maximum absolute atomic E-state index is 12.3. The molecule has 7 nitrogen and oxygen atoms in total. The summed E-state index contributed by atoms with van der Waals surface area (Å²) in [4.78, 5) is 23.0. The third-order valence-corrected chi connectivity index (χ3v) is 4.86. The van der Waals surface area contributed by atoms with Crippen molar-refractivity contribution in [3.05, 3.63) is 72.6 Å². The maximum Gasteiger partial charge on any atom is 0.307 e. The largest absolute Gasteiger partial charge is 0.319 e. The standard InChI is InChI=1S/C15H10Cl2N4O3S/c16-11-2-1-3-12(17)14(11)19-15(22)13-4-9(8-25-13)6-20-7-10(5-18-20)21(23)24/h1-5,7-8H,6H2,(H,19,22). The third kappa shape index (κ3) is 3.98. The summed E-state index contributed by atoms with van der Waals surface area (Å²) in [5, 5.41) is 19.8. The maximum atomic E-state index is 12.3. The molecule has 1 amide bonds. The lowest BCUT2D eigenvalue weighted by atomic mass is 10.3. The molecule has 0 saturated heterocycles. The van der Waals surface area contributed by atoms with Crippen LogP contribution in [0.15, 0.2) is 42.0 Å². The molecule has 3 rings (SSSR count). The van der Waals surface area contributed by atoms with Gasteiger partial charge in [-0.15, -0.1) is 11.3 Å². The van der Waals surface area contributed by atoms with Crippen LogP contribution >= 0.6 is 34.5 Å². The Balaban J connectivity index is 1.72. The van der Waals surface area contributed by atoms with Gasteiger partial charge in [-0.1, -0.05) is 29.3 Å². The summed E-state index contributed by atoms with van der Waals surface area (Å²) in [5.41, 5.74) is 1.08. The van der Waals surface area contributed by atoms with Crippen LogP contribution in [0.3, 0.4) is 0 Å². The van der Waals surface area contributed by atoms with E-state index in [0.29, 0.717) is 27.2 Å². The Hall–Kier alpha value is -2.42. The summed E-state index contributed by atoms with van der Waals surface area (Å²) < 4.78 is 1.44. The van der Waals surface area contributed by atoms with Gasteiger partial charge in [0.1, 0.15) is 12.4 Å². The number of carbonyl (C=O) groups excluding carboxylic acids is 1. The molecule has 25 heavy (non-hydrogen) atoms. The number of amides is 1. The van der Waals surface area contributed by atoms with E-state index in [-0.39, 0.29) is 11.6 Å². The minimum absolute atomic E-state index is 0.0819. The quantitative estimate of drug-likeness (QED) is 0.508. The molecule has 10 heteroatoms. The number of hydrogen-bond donors (Lipinski definition) is 1. The van der Waals surface area contributed by atoms with Crippen molar-refractivity contribution < 1.29 is 9.72 Å². The van der Waals surface area contributed by atoms with E-state index in [0.717, 1.165) is 5.56 Å². The molecule has 0 aliphatic rings. The minimum Gasteiger partial charge on any atom is -0.319 e. The van der Waals surface area contributed by atoms with Crippen molar-refractivity contribution in [3.8, 4) is 0 Å². The summed E-state index contributed by atoms with van der Waals surface area (Å²) in [6.45, 7) is 0.324. The lowest BCUT2D eigenvalue weighted by molar-refractivity contribution is -0.385. The molecule has 2 aromatic heterocycles. The highest BCUT2D eigenvalue weighted by molar-refractivity contribution is 7.12. The van der Waals surface area contributed by atoms with Gasteiger partial charge in [0.15, 0.2) is 0 Å². The van der Waals surface area contributed by atoms with Gasteiger partial charge in [-0.05, 0) is 29.1 Å². The van der Waals surface area contributed by atoms with E-state index in [1.54, 1.807) is 29.6 Å². The molecule has 3 aromatic rings. The van der Waals surface area contributed by atoms with Crippen LogP contribution in [0.4, 0.5) is 11.4 Å². The average Bonchev–Trinajstić information content (AvgIpc) is 3.21. The van der Waals surface area contributed by atoms with Crippen LogP contribution in [0.2, 0.25) is 10.0 Å². The molecular weight excluding hydrogens is 387 g/mol. The lowest BCUT2D eigenvalue weighted by Crippen LogP contribution is -2.11. The first-order valence-electron chi connectivity index (χ1n) is 6.93. The topological polar surface area (TPSA) is 90.1 Å². The normalized spacial score (nSPS) is 10.6. The van der Waals surface area contributed by atoms with Crippen molar-refractivity contribution in [1.29, 1.82) is 0 Å². The van der Waals surface area contributed by atoms with Crippen molar-refractivity contribution in [2.45, 2.75) is 6.54 Å². The molecule has 0 radical (unpaired) electrons. The van der Waals surface area contributed by atoms with Gasteiger partial charge in [0.2, 0.25) is 0 Å². The molecule has 0 spiro atoms. The van der Waals surface area contributed by atoms with Crippen LogP contribution in [0.1, 0.15) is 15.2 Å². The summed E-state index contributed by atoms with van der Waals surface area (Å²) in [6.07, 6.45) is 2.51. The van der Waals surface area contributed by atoms with Gasteiger partial charge in [-0.3, -0.25) is 19.6 Å². The van der Waals surface area contributed by atoms with Gasteiger partial charge in [-0.25, -0.2) is 0 Å². The SMILES string of the molecule is O=C(Nc1c(Cl)cccc1Cl)c1cc(Cn2cc([N+](=O)[O-])cn2)cs1. The monoisotopic (exact) mass is 396 g/mol. The van der Waals surface area contributed by atoms with Gasteiger partial charge in [-0.2, -0.15) is 5.10 Å². The lowest BCUT2D eigenvalue weighted by Gasteiger charge is -2.07. The highest BCUT2D eigenvalue weighted by Gasteiger charge is 2.14. The summed E-state index contributed by atoms with van der Waals surface area (Å²) in [6, 6.07) is 6.64. The molecule has 1 N–H and O–H groups in total. The van der Waals surface area contributed by atoms with E-state index in [1.165, 1.54) is 28.4 Å². The Kier molecular flexibility index (Phi) is 5.03. The van der Waals surface area contributed by atoms with Crippen molar-refractivity contribution >= 4 is 51.8 Å². The van der Waals surface area contributed by atoms with Crippen molar-refractivity contribution in [2.24, 2.45) is 0 Å². The molecule has 0 atom stereocenters. The number of nitrogens with one attached hydrogen (secondary N) is 1. The molecule has 0 saturated carbocycles. The van der Waals surface area contributed by atoms with Crippen LogP contribution in [0, 0.1) is 10.1 Å². The van der Waals surface area contributed by atoms with E-state index in [4.69, 9.17) is 23.2 Å². The number of rotatable bonds is 5. The zero-order chi connectivity index (χ0) is 18.0. The van der Waals surface area contributed by atoms with Crippen LogP contribution in [0.5, 0.6) is 0 Å². The first kappa shape index (κ1) is 17.4. The van der Waals surface area contributed by atoms with Crippen LogP contribution in [-0.2, 0) is 6.54 Å². The van der Waals surface area contributed by atoms with Crippen LogP contribution in [0.25, 0.3) is 0 Å². The molecular formula is C15H10Cl2N4O3S. The third-order valence-electron chi connectivity index (χ3n) is 3.25. The van der Waals surface area contributed by atoms with Crippen molar-refractivity contribution in [1.82, 2.24) is 9.78 Å². The van der Waals surface area contributed by atoms with Crippen molar-refractivity contribution in [3.63, 3.8) is 0 Å². The molecule has 0 aliphatic heterocycles. The number of halogens is 2. The number of hydrogen-bond acceptors (Lipinski definition) is 5. The van der Waals surface area contributed by atoms with Gasteiger partial charge < -0.3 is 5.32 Å². The number of para-hydroxylation sites is 1. The molecule has 0 aliphatic carbocycles. The fraction of sp³-hybridized carbons (Fsp3) is 0.0667. The predicted molar refractivity (Wildman–Crippen MR) is 96.7 cm³/mol. The number of nitrogens with zero attached hydrogens (tertiary/aromatic N) is 3. The molecule has 2 heterocycles. The van der Waals surface area contributed by atoms with E-state index in [9.17, 15) is 14.9 Å². The Morgan fingerprint density at radius 2 is 2.08 bits per heavy atom. The highest BCUT2D eigenvalue weighted by atomic mass is 35.5. The molecule has 0 fully saturated rings. The second-order valence-electron chi connectivity index (χ2n) is 5.02. The molecule has 1 aromatic carbocycles. The number of anilines is 1. The summed E-state index contributed by atoms with van der Waals surface area (Å²) >= 11 is 13.3. The minimum atomic E-state index is -0.511. The Labute approximate surface area is 155 Å². The second-order valence-corrected chi connectivity index (χ2v) is 6.75. The number of aromatic nitrogens is 2. The smallest absolute Gasteiger partial charge is 0.307 e. The van der Waals surface area contributed by atoms with Gasteiger partial charge >= 0.3 is 5.69 Å². The van der Waals surface area contributed by atoms with Gasteiger partial charge in [0, 0.05) is 0 Å². The van der Waals surface area contributed by atoms with Gasteiger partial charge in [0.05, 0.1) is 32.1 Å². The highest BCUT2D eigenvalue weighted by Crippen LogP contribution is 2.30. The summed E-state index contributed by atoms with van der Waals surface area (Å²) in [7, 11) is 0. The zero-order valence-electron chi connectivity index (χ0n) is 12.5. The average molecular weight is 397 g/mol. The van der Waals surface area contributed by atoms with Crippen molar-refractivity contribution in [2.75, 3.05) is 5.32 Å². The Bertz CT molecular complexity index is 934. The molecule has 0 bridgehead atoms. The molecule has 128 valence electrons. The summed E-state index contributed by atoms with van der Waals surface area (Å²) in [5.74, 6) is -0.335. The van der Waals surface area contributed by atoms with E-state index >= 15 is 0 Å². The first-order valence-corrected chi connectivity index (χ1v) is 8.57. The fourth-order valence-corrected chi connectivity index (χ4v) is 3.38. The Morgan fingerprint density at radius 1 is 1.36 bits per heavy atom. The zero-order valence-corrected chi connectivity index (χ0v) is 14.8. The number of carbonyl (C=O) groups is 1. The molecule has 0 unspecified atom stereocenters. The van der Waals surface area contributed by atoms with E-state index < -0.39 is 4.92 Å². The fourth-order valence-electron chi connectivity index (χ4n) is 2.09. The number of nitro groups is 1. The number of thiophene rings is 1. The Morgan fingerprint density at radius 3 is 2.72 bits per heavy atom. The van der Waals surface area contributed by atoms with Gasteiger partial charge in [0.25, 0.3) is 5.91 Å². The predicted octanol–water partition coefficient (Wildman–Crippen LogP) is 4.46. The first-order chi connectivity index (χ1) is 11.9.